The number of anilines is 1. The van der Waals surface area contributed by atoms with E-state index in [0.29, 0.717) is 55.4 Å². The van der Waals surface area contributed by atoms with Crippen LogP contribution in [0.5, 0.6) is 0 Å². The van der Waals surface area contributed by atoms with Crippen molar-refractivity contribution in [3.8, 4) is 0 Å². The minimum Gasteiger partial charge on any atom is -0.450 e. The number of halogens is 2. The van der Waals surface area contributed by atoms with E-state index in [1.165, 1.54) is 17.0 Å². The van der Waals surface area contributed by atoms with E-state index >= 15 is 0 Å². The van der Waals surface area contributed by atoms with Crippen LogP contribution in [0.15, 0.2) is 12.1 Å². The van der Waals surface area contributed by atoms with Gasteiger partial charge >= 0.3 is 6.09 Å². The zero-order valence-corrected chi connectivity index (χ0v) is 15.0. The topological polar surface area (TPSA) is 49.9 Å². The van der Waals surface area contributed by atoms with Gasteiger partial charge in [-0.15, -0.1) is 0 Å². The number of hydrogen-bond acceptors (Lipinski definition) is 3. The van der Waals surface area contributed by atoms with Gasteiger partial charge in [0.2, 0.25) is 5.91 Å². The van der Waals surface area contributed by atoms with Crippen molar-refractivity contribution in [3.63, 3.8) is 0 Å². The molecule has 25 heavy (non-hydrogen) atoms. The second kappa shape index (κ2) is 7.60. The molecule has 0 saturated carbocycles. The fourth-order valence-electron chi connectivity index (χ4n) is 3.64. The molecule has 0 spiro atoms. The van der Waals surface area contributed by atoms with Crippen molar-refractivity contribution in [2.45, 2.75) is 32.6 Å². The van der Waals surface area contributed by atoms with Crippen LogP contribution in [0.4, 0.5) is 14.9 Å². The number of piperidine rings is 1. The molecular formula is C18H22ClFN2O3. The molecule has 0 aliphatic carbocycles. The highest BCUT2D eigenvalue weighted by Crippen LogP contribution is 2.36. The van der Waals surface area contributed by atoms with Crippen molar-refractivity contribution in [1.29, 1.82) is 0 Å². The number of ether oxygens (including phenoxy) is 1. The maximum atomic E-state index is 14.4. The number of likely N-dealkylation sites (tertiary alicyclic amines) is 1. The van der Waals surface area contributed by atoms with Gasteiger partial charge in [-0.1, -0.05) is 11.6 Å². The number of benzene rings is 1. The van der Waals surface area contributed by atoms with Crippen LogP contribution in [0.25, 0.3) is 0 Å². The molecular weight excluding hydrogens is 347 g/mol. The molecule has 0 bridgehead atoms. The van der Waals surface area contributed by atoms with Crippen LogP contribution < -0.4 is 4.90 Å². The highest BCUT2D eigenvalue weighted by Gasteiger charge is 2.35. The Morgan fingerprint density at radius 3 is 2.88 bits per heavy atom. The lowest BCUT2D eigenvalue weighted by Crippen LogP contribution is -2.48. The zero-order chi connectivity index (χ0) is 18.0. The van der Waals surface area contributed by atoms with Gasteiger partial charge in [0.15, 0.2) is 0 Å². The molecule has 1 aromatic carbocycles. The van der Waals surface area contributed by atoms with Gasteiger partial charge < -0.3 is 14.5 Å². The zero-order valence-electron chi connectivity index (χ0n) is 14.3. The Hall–Kier alpha value is -1.82. The third kappa shape index (κ3) is 3.59. The molecule has 0 aromatic heterocycles. The Bertz CT molecular complexity index is 683. The summed E-state index contributed by atoms with van der Waals surface area (Å²) in [4.78, 5) is 28.1. The van der Waals surface area contributed by atoms with Gasteiger partial charge in [-0.05, 0) is 50.3 Å². The number of carbonyl (C=O) groups excluding carboxylic acids is 2. The quantitative estimate of drug-likeness (QED) is 0.801. The third-order valence-corrected chi connectivity index (χ3v) is 5.17. The Labute approximate surface area is 151 Å². The molecule has 1 aromatic rings. The summed E-state index contributed by atoms with van der Waals surface area (Å²) in [6.45, 7) is 3.42. The number of rotatable bonds is 2. The van der Waals surface area contributed by atoms with Crippen molar-refractivity contribution >= 4 is 29.3 Å². The lowest BCUT2D eigenvalue weighted by Gasteiger charge is -2.36. The molecule has 136 valence electrons. The molecule has 1 unspecified atom stereocenters. The van der Waals surface area contributed by atoms with Crippen LogP contribution in [0, 0.1) is 11.7 Å². The van der Waals surface area contributed by atoms with E-state index in [-0.39, 0.29) is 11.8 Å². The van der Waals surface area contributed by atoms with Gasteiger partial charge in [0, 0.05) is 24.7 Å². The predicted octanol–water partition coefficient (Wildman–Crippen LogP) is 3.63. The van der Waals surface area contributed by atoms with E-state index in [1.54, 1.807) is 11.8 Å². The van der Waals surface area contributed by atoms with Crippen molar-refractivity contribution in [1.82, 2.24) is 4.90 Å². The summed E-state index contributed by atoms with van der Waals surface area (Å²) >= 11 is 6.20. The molecule has 5 nitrogen and oxygen atoms in total. The summed E-state index contributed by atoms with van der Waals surface area (Å²) in [5, 5.41) is 0.491. The summed E-state index contributed by atoms with van der Waals surface area (Å²) in [6, 6.07) is 2.84. The summed E-state index contributed by atoms with van der Waals surface area (Å²) in [6.07, 6.45) is 2.43. The normalized spacial score (nSPS) is 20.2. The molecule has 1 atom stereocenters. The first-order chi connectivity index (χ1) is 12.0. The summed E-state index contributed by atoms with van der Waals surface area (Å²) in [5.74, 6) is -0.913. The smallest absolute Gasteiger partial charge is 0.409 e. The van der Waals surface area contributed by atoms with Crippen LogP contribution in [0.2, 0.25) is 5.02 Å². The van der Waals surface area contributed by atoms with Crippen LogP contribution in [-0.4, -0.2) is 43.1 Å². The van der Waals surface area contributed by atoms with Gasteiger partial charge in [0.05, 0.1) is 18.2 Å². The minimum atomic E-state index is -0.425. The number of amides is 2. The second-order valence-electron chi connectivity index (χ2n) is 6.43. The molecule has 0 N–H and O–H groups in total. The van der Waals surface area contributed by atoms with Crippen LogP contribution in [0.3, 0.4) is 0 Å². The molecule has 2 heterocycles. The average Bonchev–Trinajstić information content (AvgIpc) is 2.64. The van der Waals surface area contributed by atoms with Crippen molar-refractivity contribution in [2.75, 3.05) is 31.1 Å². The average molecular weight is 369 g/mol. The van der Waals surface area contributed by atoms with Gasteiger partial charge in [-0.25, -0.2) is 9.18 Å². The van der Waals surface area contributed by atoms with Crippen LogP contribution >= 0.6 is 11.6 Å². The van der Waals surface area contributed by atoms with E-state index in [4.69, 9.17) is 16.3 Å². The number of nitrogens with zero attached hydrogens (tertiary/aromatic N) is 2. The van der Waals surface area contributed by atoms with Crippen molar-refractivity contribution in [3.05, 3.63) is 28.5 Å². The SMILES string of the molecule is CCOC(=O)N1CCCC(C(=O)N2CCCc3c(Cl)ccc(F)c32)C1. The molecule has 2 amide bonds. The lowest BCUT2D eigenvalue weighted by molar-refractivity contribution is -0.123. The van der Waals surface area contributed by atoms with Gasteiger partial charge in [-0.3, -0.25) is 4.79 Å². The molecule has 1 saturated heterocycles. The number of fused-ring (bicyclic) bond motifs is 1. The monoisotopic (exact) mass is 368 g/mol. The van der Waals surface area contributed by atoms with Crippen LogP contribution in [0.1, 0.15) is 31.7 Å². The maximum absolute atomic E-state index is 14.4. The van der Waals surface area contributed by atoms with E-state index in [0.717, 1.165) is 12.8 Å². The predicted molar refractivity (Wildman–Crippen MR) is 93.4 cm³/mol. The van der Waals surface area contributed by atoms with Gasteiger partial charge in [-0.2, -0.15) is 0 Å². The Balaban J connectivity index is 1.80. The first-order valence-electron chi connectivity index (χ1n) is 8.73. The first kappa shape index (κ1) is 18.0. The minimum absolute atomic E-state index is 0.142. The molecule has 2 aliphatic heterocycles. The Morgan fingerprint density at radius 2 is 2.12 bits per heavy atom. The lowest BCUT2D eigenvalue weighted by atomic mass is 9.94. The van der Waals surface area contributed by atoms with E-state index < -0.39 is 11.9 Å². The Morgan fingerprint density at radius 1 is 1.32 bits per heavy atom. The highest BCUT2D eigenvalue weighted by molar-refractivity contribution is 6.32. The summed E-state index contributed by atoms with van der Waals surface area (Å²) in [5.41, 5.74) is 0.997. The Kier molecular flexibility index (Phi) is 5.47. The van der Waals surface area contributed by atoms with Crippen molar-refractivity contribution in [2.24, 2.45) is 5.92 Å². The summed E-state index contributed by atoms with van der Waals surface area (Å²) < 4.78 is 19.4. The molecule has 3 rings (SSSR count). The third-order valence-electron chi connectivity index (χ3n) is 4.82. The molecule has 0 radical (unpaired) electrons. The fourth-order valence-corrected chi connectivity index (χ4v) is 3.89. The van der Waals surface area contributed by atoms with E-state index in [9.17, 15) is 14.0 Å². The standard InChI is InChI=1S/C18H22ClFN2O3/c1-2-25-18(24)21-9-3-5-12(11-21)17(23)22-10-4-6-13-14(19)7-8-15(20)16(13)22/h7-8,12H,2-6,9-11H2,1H3. The van der Waals surface area contributed by atoms with E-state index in [1.807, 2.05) is 0 Å². The highest BCUT2D eigenvalue weighted by atomic mass is 35.5. The van der Waals surface area contributed by atoms with Crippen molar-refractivity contribution < 1.29 is 18.7 Å². The molecule has 2 aliphatic rings. The largest absolute Gasteiger partial charge is 0.450 e. The second-order valence-corrected chi connectivity index (χ2v) is 6.84. The summed E-state index contributed by atoms with van der Waals surface area (Å²) in [7, 11) is 0. The molecule has 1 fully saturated rings. The van der Waals surface area contributed by atoms with Crippen LogP contribution in [-0.2, 0) is 16.0 Å². The van der Waals surface area contributed by atoms with Gasteiger partial charge in [0.1, 0.15) is 5.82 Å². The first-order valence-corrected chi connectivity index (χ1v) is 9.10. The maximum Gasteiger partial charge on any atom is 0.409 e. The van der Waals surface area contributed by atoms with E-state index in [2.05, 4.69) is 0 Å². The van der Waals surface area contributed by atoms with Gasteiger partial charge in [0.25, 0.3) is 0 Å². The number of hydrogen-bond donors (Lipinski definition) is 0. The molecule has 7 heteroatoms. The fraction of sp³-hybridized carbons (Fsp3) is 0.556. The number of carbonyl (C=O) groups is 2.